The van der Waals surface area contributed by atoms with Gasteiger partial charge < -0.3 is 5.32 Å². The SMILES string of the molecule is CNC(C1CCCC1)C12CC3CC(CC(C3)C1)C2. The summed E-state index contributed by atoms with van der Waals surface area (Å²) in [6.45, 7) is 0. The first-order valence-electron chi connectivity index (χ1n) is 8.46. The third kappa shape index (κ3) is 1.69. The van der Waals surface area contributed by atoms with Crippen molar-refractivity contribution in [2.45, 2.75) is 70.3 Å². The Morgan fingerprint density at radius 3 is 1.83 bits per heavy atom. The van der Waals surface area contributed by atoms with E-state index >= 15 is 0 Å². The summed E-state index contributed by atoms with van der Waals surface area (Å²) in [6.07, 6.45) is 15.5. The first-order chi connectivity index (χ1) is 8.79. The van der Waals surface area contributed by atoms with Crippen LogP contribution in [0.3, 0.4) is 0 Å². The summed E-state index contributed by atoms with van der Waals surface area (Å²) >= 11 is 0. The average molecular weight is 247 g/mol. The quantitative estimate of drug-likeness (QED) is 0.795. The largest absolute Gasteiger partial charge is 0.316 e. The van der Waals surface area contributed by atoms with Crippen molar-refractivity contribution in [1.82, 2.24) is 5.32 Å². The zero-order valence-corrected chi connectivity index (χ0v) is 12.0. The molecule has 1 N–H and O–H groups in total. The van der Waals surface area contributed by atoms with Crippen LogP contribution in [0.2, 0.25) is 0 Å². The molecule has 0 aromatic rings. The maximum Gasteiger partial charge on any atom is 0.0149 e. The Hall–Kier alpha value is -0.0400. The van der Waals surface area contributed by atoms with Crippen LogP contribution in [0, 0.1) is 29.1 Å². The fourth-order valence-corrected chi connectivity index (χ4v) is 6.89. The molecule has 0 spiro atoms. The van der Waals surface area contributed by atoms with Crippen molar-refractivity contribution in [2.24, 2.45) is 29.1 Å². The fourth-order valence-electron chi connectivity index (χ4n) is 6.89. The minimum absolute atomic E-state index is 0.721. The van der Waals surface area contributed by atoms with Gasteiger partial charge in [-0.25, -0.2) is 0 Å². The summed E-state index contributed by atoms with van der Waals surface area (Å²) in [5, 5.41) is 3.80. The van der Waals surface area contributed by atoms with Gasteiger partial charge in [-0.15, -0.1) is 0 Å². The van der Waals surface area contributed by atoms with E-state index in [1.165, 1.54) is 25.7 Å². The normalized spacial score (nSPS) is 48.8. The van der Waals surface area contributed by atoms with Crippen molar-refractivity contribution in [1.29, 1.82) is 0 Å². The lowest BCUT2D eigenvalue weighted by Gasteiger charge is -2.60. The van der Waals surface area contributed by atoms with E-state index in [0.29, 0.717) is 0 Å². The molecule has 0 radical (unpaired) electrons. The molecular weight excluding hydrogens is 218 g/mol. The Labute approximate surface area is 112 Å². The van der Waals surface area contributed by atoms with Gasteiger partial charge in [0.2, 0.25) is 0 Å². The Balaban J connectivity index is 1.61. The van der Waals surface area contributed by atoms with Gasteiger partial charge in [-0.3, -0.25) is 0 Å². The van der Waals surface area contributed by atoms with Gasteiger partial charge in [0.05, 0.1) is 0 Å². The van der Waals surface area contributed by atoms with Crippen LogP contribution in [0.4, 0.5) is 0 Å². The molecule has 1 unspecified atom stereocenters. The smallest absolute Gasteiger partial charge is 0.0149 e. The lowest BCUT2D eigenvalue weighted by molar-refractivity contribution is -0.0831. The highest BCUT2D eigenvalue weighted by molar-refractivity contribution is 5.07. The Morgan fingerprint density at radius 2 is 1.39 bits per heavy atom. The maximum absolute atomic E-state index is 3.80. The third-order valence-electron chi connectivity index (χ3n) is 6.93. The molecule has 102 valence electrons. The van der Waals surface area contributed by atoms with E-state index in [4.69, 9.17) is 0 Å². The summed E-state index contributed by atoms with van der Waals surface area (Å²) in [4.78, 5) is 0. The average Bonchev–Trinajstić information content (AvgIpc) is 2.81. The van der Waals surface area contributed by atoms with Gasteiger partial charge in [-0.05, 0) is 87.5 Å². The molecule has 1 nitrogen and oxygen atoms in total. The Bertz CT molecular complexity index is 280. The van der Waals surface area contributed by atoms with E-state index in [-0.39, 0.29) is 0 Å². The van der Waals surface area contributed by atoms with Gasteiger partial charge in [-0.2, -0.15) is 0 Å². The minimum Gasteiger partial charge on any atom is -0.316 e. The van der Waals surface area contributed by atoms with Gasteiger partial charge in [0.1, 0.15) is 0 Å². The highest BCUT2D eigenvalue weighted by Gasteiger charge is 2.55. The highest BCUT2D eigenvalue weighted by atomic mass is 14.9. The zero-order valence-electron chi connectivity index (χ0n) is 12.0. The standard InChI is InChI=1S/C17H29N/c1-18-16(15-4-2-3-5-15)17-9-12-6-13(10-17)8-14(7-12)11-17/h12-16,18H,2-11H2,1H3. The molecule has 0 aliphatic heterocycles. The summed E-state index contributed by atoms with van der Waals surface area (Å²) in [5.41, 5.74) is 0.721. The van der Waals surface area contributed by atoms with Crippen LogP contribution in [0.25, 0.3) is 0 Å². The van der Waals surface area contributed by atoms with E-state index in [9.17, 15) is 0 Å². The second kappa shape index (κ2) is 4.23. The van der Waals surface area contributed by atoms with E-state index in [1.807, 2.05) is 0 Å². The van der Waals surface area contributed by atoms with Gasteiger partial charge >= 0.3 is 0 Å². The Kier molecular flexibility index (Phi) is 2.76. The van der Waals surface area contributed by atoms with Crippen LogP contribution >= 0.6 is 0 Å². The zero-order chi connectivity index (χ0) is 12.2. The molecule has 5 rings (SSSR count). The molecule has 0 aromatic carbocycles. The van der Waals surface area contributed by atoms with Crippen molar-refractivity contribution in [2.75, 3.05) is 7.05 Å². The molecule has 18 heavy (non-hydrogen) atoms. The van der Waals surface area contributed by atoms with Gasteiger partial charge in [-0.1, -0.05) is 12.8 Å². The van der Waals surface area contributed by atoms with Gasteiger partial charge in [0.25, 0.3) is 0 Å². The molecule has 5 aliphatic carbocycles. The topological polar surface area (TPSA) is 12.0 Å². The number of hydrogen-bond donors (Lipinski definition) is 1. The van der Waals surface area contributed by atoms with Crippen LogP contribution in [0.1, 0.15) is 64.2 Å². The molecule has 0 heterocycles. The highest BCUT2D eigenvalue weighted by Crippen LogP contribution is 2.62. The molecule has 5 aliphatic rings. The molecular formula is C17H29N. The second-order valence-electron chi connectivity index (χ2n) is 8.09. The monoisotopic (exact) mass is 247 g/mol. The summed E-state index contributed by atoms with van der Waals surface area (Å²) < 4.78 is 0. The van der Waals surface area contributed by atoms with Crippen molar-refractivity contribution in [3.05, 3.63) is 0 Å². The van der Waals surface area contributed by atoms with Crippen LogP contribution in [-0.4, -0.2) is 13.1 Å². The van der Waals surface area contributed by atoms with Gasteiger partial charge in [0, 0.05) is 6.04 Å². The molecule has 1 atom stereocenters. The van der Waals surface area contributed by atoms with Crippen LogP contribution < -0.4 is 5.32 Å². The van der Waals surface area contributed by atoms with Crippen molar-refractivity contribution in [3.8, 4) is 0 Å². The second-order valence-corrected chi connectivity index (χ2v) is 8.09. The number of rotatable bonds is 3. The summed E-state index contributed by atoms with van der Waals surface area (Å²) in [6, 6.07) is 0.855. The van der Waals surface area contributed by atoms with Crippen molar-refractivity contribution in [3.63, 3.8) is 0 Å². The minimum atomic E-state index is 0.721. The molecule has 0 saturated heterocycles. The van der Waals surface area contributed by atoms with Crippen molar-refractivity contribution >= 4 is 0 Å². The molecule has 1 heteroatoms. The predicted molar refractivity (Wildman–Crippen MR) is 75.4 cm³/mol. The Morgan fingerprint density at radius 1 is 0.889 bits per heavy atom. The molecule has 4 bridgehead atoms. The molecule has 5 saturated carbocycles. The van der Waals surface area contributed by atoms with Crippen LogP contribution in [-0.2, 0) is 0 Å². The molecule has 5 fully saturated rings. The first-order valence-corrected chi connectivity index (χ1v) is 8.46. The van der Waals surface area contributed by atoms with E-state index in [2.05, 4.69) is 12.4 Å². The van der Waals surface area contributed by atoms with Crippen LogP contribution in [0.15, 0.2) is 0 Å². The summed E-state index contributed by atoms with van der Waals surface area (Å²) in [7, 11) is 2.25. The van der Waals surface area contributed by atoms with Crippen LogP contribution in [0.5, 0.6) is 0 Å². The lowest BCUT2D eigenvalue weighted by Crippen LogP contribution is -2.57. The van der Waals surface area contributed by atoms with Crippen molar-refractivity contribution < 1.29 is 0 Å². The fraction of sp³-hybridized carbons (Fsp3) is 1.00. The first kappa shape index (κ1) is 11.8. The predicted octanol–water partition coefficient (Wildman–Crippen LogP) is 3.98. The number of hydrogen-bond acceptors (Lipinski definition) is 1. The van der Waals surface area contributed by atoms with E-state index in [1.54, 1.807) is 38.5 Å². The summed E-state index contributed by atoms with van der Waals surface area (Å²) in [5.74, 6) is 4.32. The lowest BCUT2D eigenvalue weighted by atomic mass is 9.46. The molecule has 0 amide bonds. The van der Waals surface area contributed by atoms with E-state index < -0.39 is 0 Å². The maximum atomic E-state index is 3.80. The van der Waals surface area contributed by atoms with Gasteiger partial charge in [0.15, 0.2) is 0 Å². The molecule has 0 aromatic heterocycles. The number of nitrogens with one attached hydrogen (secondary N) is 1. The van der Waals surface area contributed by atoms with E-state index in [0.717, 1.165) is 35.1 Å². The third-order valence-corrected chi connectivity index (χ3v) is 6.93.